The van der Waals surface area contributed by atoms with Gasteiger partial charge in [0, 0.05) is 26.2 Å². The fourth-order valence-corrected chi connectivity index (χ4v) is 3.63. The van der Waals surface area contributed by atoms with Crippen molar-refractivity contribution < 1.29 is 0 Å². The van der Waals surface area contributed by atoms with Gasteiger partial charge in [-0.25, -0.2) is 0 Å². The van der Waals surface area contributed by atoms with Crippen molar-refractivity contribution in [1.29, 1.82) is 0 Å². The van der Waals surface area contributed by atoms with Crippen molar-refractivity contribution in [2.45, 2.75) is 64.3 Å². The van der Waals surface area contributed by atoms with Gasteiger partial charge >= 0.3 is 0 Å². The average molecular weight is 294 g/mol. The summed E-state index contributed by atoms with van der Waals surface area (Å²) in [5.74, 6) is 1.88. The number of guanidine groups is 1. The fraction of sp³-hybridized carbons (Fsp3) is 0.941. The highest BCUT2D eigenvalue weighted by Gasteiger charge is 2.16. The quantitative estimate of drug-likeness (QED) is 0.465. The Balaban J connectivity index is 1.57. The molecule has 0 aromatic heterocycles. The van der Waals surface area contributed by atoms with Crippen LogP contribution in [0, 0.1) is 5.92 Å². The van der Waals surface area contributed by atoms with Gasteiger partial charge in [0.2, 0.25) is 0 Å². The molecule has 1 aliphatic heterocycles. The Morgan fingerprint density at radius 1 is 1.14 bits per heavy atom. The van der Waals surface area contributed by atoms with E-state index in [-0.39, 0.29) is 0 Å². The van der Waals surface area contributed by atoms with Crippen LogP contribution in [0.5, 0.6) is 0 Å². The second kappa shape index (κ2) is 9.29. The standard InChI is InChI=1S/C17H34N4/c1-15-8-6-12-21(14-15)13-7-11-19-17(18-2)20-16-9-4-3-5-10-16/h15-16H,3-14H2,1-2H3,(H2,18,19,20). The maximum absolute atomic E-state index is 4.36. The van der Waals surface area contributed by atoms with Crippen LogP contribution in [0.25, 0.3) is 0 Å². The molecule has 0 aromatic carbocycles. The van der Waals surface area contributed by atoms with Crippen molar-refractivity contribution in [1.82, 2.24) is 15.5 Å². The average Bonchev–Trinajstić information content (AvgIpc) is 2.51. The summed E-state index contributed by atoms with van der Waals surface area (Å²) >= 11 is 0. The number of nitrogens with zero attached hydrogens (tertiary/aromatic N) is 2. The van der Waals surface area contributed by atoms with Gasteiger partial charge in [0.25, 0.3) is 0 Å². The van der Waals surface area contributed by atoms with Gasteiger partial charge in [-0.2, -0.15) is 0 Å². The molecule has 2 aliphatic rings. The van der Waals surface area contributed by atoms with Gasteiger partial charge in [0.15, 0.2) is 5.96 Å². The number of hydrogen-bond acceptors (Lipinski definition) is 2. The molecular weight excluding hydrogens is 260 g/mol. The van der Waals surface area contributed by atoms with E-state index in [0.717, 1.165) is 18.4 Å². The first-order valence-corrected chi connectivity index (χ1v) is 8.97. The second-order valence-electron chi connectivity index (χ2n) is 6.88. The zero-order chi connectivity index (χ0) is 14.9. The number of aliphatic imine (C=N–C) groups is 1. The molecule has 1 saturated carbocycles. The maximum atomic E-state index is 4.36. The monoisotopic (exact) mass is 294 g/mol. The maximum Gasteiger partial charge on any atom is 0.191 e. The summed E-state index contributed by atoms with van der Waals surface area (Å²) < 4.78 is 0. The van der Waals surface area contributed by atoms with E-state index in [0.29, 0.717) is 6.04 Å². The van der Waals surface area contributed by atoms with Crippen molar-refractivity contribution in [2.24, 2.45) is 10.9 Å². The highest BCUT2D eigenvalue weighted by Crippen LogP contribution is 2.17. The Bertz CT molecular complexity index is 310. The normalized spacial score (nSPS) is 25.8. The third kappa shape index (κ3) is 6.25. The number of nitrogens with one attached hydrogen (secondary N) is 2. The largest absolute Gasteiger partial charge is 0.356 e. The first-order chi connectivity index (χ1) is 10.3. The molecular formula is C17H34N4. The molecule has 2 fully saturated rings. The molecule has 1 atom stereocenters. The number of rotatable bonds is 5. The lowest BCUT2D eigenvalue weighted by molar-refractivity contribution is 0.182. The van der Waals surface area contributed by atoms with Crippen LogP contribution in [0.1, 0.15) is 58.3 Å². The van der Waals surface area contributed by atoms with Crippen LogP contribution in [0.3, 0.4) is 0 Å². The molecule has 1 saturated heterocycles. The minimum Gasteiger partial charge on any atom is -0.356 e. The summed E-state index contributed by atoms with van der Waals surface area (Å²) in [4.78, 5) is 6.98. The molecule has 4 nitrogen and oxygen atoms in total. The lowest BCUT2D eigenvalue weighted by Crippen LogP contribution is -2.45. The summed E-state index contributed by atoms with van der Waals surface area (Å²) in [6.45, 7) is 7.20. The van der Waals surface area contributed by atoms with Gasteiger partial charge in [0.05, 0.1) is 0 Å². The Morgan fingerprint density at radius 2 is 1.95 bits per heavy atom. The summed E-state index contributed by atoms with van der Waals surface area (Å²) in [6, 6.07) is 0.632. The molecule has 2 rings (SSSR count). The highest BCUT2D eigenvalue weighted by atomic mass is 15.2. The zero-order valence-electron chi connectivity index (χ0n) is 14.0. The molecule has 0 aromatic rings. The van der Waals surface area contributed by atoms with E-state index in [9.17, 15) is 0 Å². The smallest absolute Gasteiger partial charge is 0.191 e. The van der Waals surface area contributed by atoms with Gasteiger partial charge in [-0.05, 0) is 51.1 Å². The second-order valence-corrected chi connectivity index (χ2v) is 6.88. The summed E-state index contributed by atoms with van der Waals surface area (Å²) in [6.07, 6.45) is 10.7. The molecule has 1 aliphatic carbocycles. The van der Waals surface area contributed by atoms with Gasteiger partial charge in [-0.15, -0.1) is 0 Å². The molecule has 21 heavy (non-hydrogen) atoms. The predicted octanol–water partition coefficient (Wildman–Crippen LogP) is 2.61. The van der Waals surface area contributed by atoms with Crippen molar-refractivity contribution in [2.75, 3.05) is 33.2 Å². The van der Waals surface area contributed by atoms with E-state index in [1.54, 1.807) is 0 Å². The third-order valence-electron chi connectivity index (χ3n) is 4.85. The lowest BCUT2D eigenvalue weighted by atomic mass is 9.96. The van der Waals surface area contributed by atoms with Gasteiger partial charge in [-0.3, -0.25) is 4.99 Å². The Kier molecular flexibility index (Phi) is 7.34. The van der Waals surface area contributed by atoms with Crippen molar-refractivity contribution in [3.63, 3.8) is 0 Å². The van der Waals surface area contributed by atoms with E-state index < -0.39 is 0 Å². The van der Waals surface area contributed by atoms with Crippen molar-refractivity contribution >= 4 is 5.96 Å². The van der Waals surface area contributed by atoms with Crippen LogP contribution in [-0.4, -0.2) is 50.1 Å². The first-order valence-electron chi connectivity index (χ1n) is 8.97. The molecule has 0 bridgehead atoms. The fourth-order valence-electron chi connectivity index (χ4n) is 3.63. The lowest BCUT2D eigenvalue weighted by Gasteiger charge is -2.31. The van der Waals surface area contributed by atoms with Crippen LogP contribution in [-0.2, 0) is 0 Å². The number of likely N-dealkylation sites (tertiary alicyclic amines) is 1. The van der Waals surface area contributed by atoms with E-state index in [1.165, 1.54) is 71.0 Å². The molecule has 4 heteroatoms. The van der Waals surface area contributed by atoms with E-state index in [2.05, 4.69) is 27.4 Å². The van der Waals surface area contributed by atoms with Gasteiger partial charge < -0.3 is 15.5 Å². The summed E-state index contributed by atoms with van der Waals surface area (Å²) in [7, 11) is 1.88. The van der Waals surface area contributed by atoms with E-state index >= 15 is 0 Å². The Labute approximate surface area is 130 Å². The summed E-state index contributed by atoms with van der Waals surface area (Å²) in [5, 5.41) is 7.06. The number of piperidine rings is 1. The summed E-state index contributed by atoms with van der Waals surface area (Å²) in [5.41, 5.74) is 0. The van der Waals surface area contributed by atoms with Crippen LogP contribution >= 0.6 is 0 Å². The molecule has 0 radical (unpaired) electrons. The number of hydrogen-bond donors (Lipinski definition) is 2. The Morgan fingerprint density at radius 3 is 2.67 bits per heavy atom. The third-order valence-corrected chi connectivity index (χ3v) is 4.85. The SMILES string of the molecule is CN=C(NCCCN1CCCC(C)C1)NC1CCCCC1. The molecule has 122 valence electrons. The molecule has 2 N–H and O–H groups in total. The Hall–Kier alpha value is -0.770. The van der Waals surface area contributed by atoms with E-state index in [1.807, 2.05) is 7.05 Å². The van der Waals surface area contributed by atoms with Crippen LogP contribution < -0.4 is 10.6 Å². The van der Waals surface area contributed by atoms with Gasteiger partial charge in [-0.1, -0.05) is 26.2 Å². The molecule has 0 spiro atoms. The molecule has 1 unspecified atom stereocenters. The van der Waals surface area contributed by atoms with E-state index in [4.69, 9.17) is 0 Å². The molecule has 0 amide bonds. The topological polar surface area (TPSA) is 39.7 Å². The van der Waals surface area contributed by atoms with Crippen LogP contribution in [0.2, 0.25) is 0 Å². The highest BCUT2D eigenvalue weighted by molar-refractivity contribution is 5.79. The molecule has 1 heterocycles. The predicted molar refractivity (Wildman–Crippen MR) is 90.8 cm³/mol. The van der Waals surface area contributed by atoms with Crippen LogP contribution in [0.15, 0.2) is 4.99 Å². The zero-order valence-corrected chi connectivity index (χ0v) is 14.0. The van der Waals surface area contributed by atoms with Crippen molar-refractivity contribution in [3.8, 4) is 0 Å². The first kappa shape index (κ1) is 16.6. The minimum absolute atomic E-state index is 0.632. The van der Waals surface area contributed by atoms with Crippen LogP contribution in [0.4, 0.5) is 0 Å². The van der Waals surface area contributed by atoms with Gasteiger partial charge in [0.1, 0.15) is 0 Å². The van der Waals surface area contributed by atoms with Crippen molar-refractivity contribution in [3.05, 3.63) is 0 Å². The minimum atomic E-state index is 0.632.